The number of anilines is 2. The van der Waals surface area contributed by atoms with Crippen molar-refractivity contribution in [2.45, 2.75) is 58.0 Å². The van der Waals surface area contributed by atoms with Crippen LogP contribution in [0.1, 0.15) is 46.8 Å². The summed E-state index contributed by atoms with van der Waals surface area (Å²) in [6.07, 6.45) is -0.150. The van der Waals surface area contributed by atoms with Gasteiger partial charge in [-0.25, -0.2) is 28.0 Å². The highest BCUT2D eigenvalue weighted by molar-refractivity contribution is 5.98. The highest BCUT2D eigenvalue weighted by atomic mass is 19.1. The zero-order chi connectivity index (χ0) is 48.0. The minimum atomic E-state index is -1.40. The number of primary amides is 1. The number of fused-ring (bicyclic) bond motifs is 1. The van der Waals surface area contributed by atoms with E-state index in [-0.39, 0.29) is 76.3 Å². The van der Waals surface area contributed by atoms with Gasteiger partial charge in [0.1, 0.15) is 42.5 Å². The Balaban J connectivity index is 1.04. The van der Waals surface area contributed by atoms with Crippen LogP contribution in [0.4, 0.5) is 34.5 Å². The molecule has 2 heterocycles. The number of hydrogen-bond donors (Lipinski definition) is 6. The molecule has 67 heavy (non-hydrogen) atoms. The van der Waals surface area contributed by atoms with Crippen LogP contribution in [0.25, 0.3) is 10.9 Å². The molecule has 1 aliphatic rings. The number of carboxylic acid groups (broad SMARTS) is 1. The number of amides is 6. The van der Waals surface area contributed by atoms with Crippen molar-refractivity contribution in [3.63, 3.8) is 0 Å². The Morgan fingerprint density at radius 3 is 2.15 bits per heavy atom. The van der Waals surface area contributed by atoms with E-state index in [0.29, 0.717) is 34.4 Å². The first kappa shape index (κ1) is 48.4. The van der Waals surface area contributed by atoms with Crippen LogP contribution >= 0.6 is 0 Å². The molecule has 20 heteroatoms. The fraction of sp³-hybridized carbons (Fsp3) is 0.298. The van der Waals surface area contributed by atoms with Gasteiger partial charge in [-0.2, -0.15) is 0 Å². The number of rotatable bonds is 18. The van der Waals surface area contributed by atoms with Gasteiger partial charge in [-0.05, 0) is 72.9 Å². The topological polar surface area (TPSA) is 244 Å². The van der Waals surface area contributed by atoms with E-state index in [1.165, 1.54) is 35.4 Å². The van der Waals surface area contributed by atoms with Crippen molar-refractivity contribution < 1.29 is 52.1 Å². The van der Waals surface area contributed by atoms with Crippen LogP contribution < -0.4 is 37.3 Å². The fourth-order valence-corrected chi connectivity index (χ4v) is 7.41. The van der Waals surface area contributed by atoms with Crippen molar-refractivity contribution in [1.29, 1.82) is 0 Å². The van der Waals surface area contributed by atoms with Gasteiger partial charge in [0.25, 0.3) is 0 Å². The largest absolute Gasteiger partial charge is 0.477 e. The lowest BCUT2D eigenvalue weighted by Crippen LogP contribution is -2.53. The zero-order valence-electron chi connectivity index (χ0n) is 36.5. The van der Waals surface area contributed by atoms with Crippen molar-refractivity contribution >= 4 is 58.3 Å². The third-order valence-electron chi connectivity index (χ3n) is 10.9. The summed E-state index contributed by atoms with van der Waals surface area (Å²) < 4.78 is 41.9. The molecule has 0 spiro atoms. The Bertz CT molecular complexity index is 2660. The van der Waals surface area contributed by atoms with Crippen LogP contribution in [-0.2, 0) is 45.2 Å². The molecule has 18 nitrogen and oxygen atoms in total. The summed E-state index contributed by atoms with van der Waals surface area (Å²) in [7, 11) is 0. The van der Waals surface area contributed by atoms with Gasteiger partial charge in [0.15, 0.2) is 0 Å². The first-order valence-electron chi connectivity index (χ1n) is 21.4. The molecule has 1 aromatic heterocycles. The SMILES string of the molecule is CCn1cc(C(=O)O)c(=O)c2cc(F)c(N3CCN(C(=O)OCc4ccc(NC(=O)[C@H](CCCNC(N)=O)NC(=O)[C@H](Cc5cccc(F)c5)NC(=O)OCc5ccccc5)cc4)CC3)cc21. The molecule has 352 valence electrons. The van der Waals surface area contributed by atoms with Crippen molar-refractivity contribution in [3.05, 3.63) is 141 Å². The number of ether oxygens (including phenoxy) is 2. The molecule has 0 saturated carbocycles. The number of halogens is 2. The maximum atomic E-state index is 15.4. The zero-order valence-corrected chi connectivity index (χ0v) is 36.5. The van der Waals surface area contributed by atoms with E-state index in [4.69, 9.17) is 15.2 Å². The number of alkyl carbamates (subject to hydrolysis) is 1. The lowest BCUT2D eigenvalue weighted by Gasteiger charge is -2.35. The predicted molar refractivity (Wildman–Crippen MR) is 242 cm³/mol. The molecule has 0 aliphatic carbocycles. The predicted octanol–water partition coefficient (Wildman–Crippen LogP) is 4.87. The number of nitrogens with one attached hydrogen (secondary N) is 4. The number of carboxylic acids is 1. The molecule has 0 bridgehead atoms. The molecular formula is C47H50F2N8O10. The first-order chi connectivity index (χ1) is 32.2. The van der Waals surface area contributed by atoms with Gasteiger partial charge < -0.3 is 55.9 Å². The third-order valence-corrected chi connectivity index (χ3v) is 10.9. The number of urea groups is 1. The van der Waals surface area contributed by atoms with E-state index >= 15 is 4.39 Å². The van der Waals surface area contributed by atoms with Crippen LogP contribution in [0.5, 0.6) is 0 Å². The Morgan fingerprint density at radius 1 is 0.791 bits per heavy atom. The van der Waals surface area contributed by atoms with Gasteiger partial charge in [0, 0.05) is 63.0 Å². The van der Waals surface area contributed by atoms with Crippen LogP contribution in [0.2, 0.25) is 0 Å². The second kappa shape index (κ2) is 22.7. The van der Waals surface area contributed by atoms with Crippen molar-refractivity contribution in [1.82, 2.24) is 25.4 Å². The summed E-state index contributed by atoms with van der Waals surface area (Å²) in [5.41, 5.74) is 6.59. The summed E-state index contributed by atoms with van der Waals surface area (Å²) in [6, 6.07) is 20.1. The summed E-state index contributed by atoms with van der Waals surface area (Å²) >= 11 is 0. The molecule has 1 aliphatic heterocycles. The Hall–Kier alpha value is -8.03. The number of nitrogens with two attached hydrogens (primary N) is 1. The maximum absolute atomic E-state index is 15.4. The standard InChI is InChI=1S/C47H50F2N8O10/c1-2-55-26-35(44(61)62)41(58)34-24-36(49)40(25-39(34)55)56-18-20-57(21-19-56)47(65)67-28-30-13-15-33(16-14-30)52-42(59)37(12-7-17-51-45(50)63)53-43(60)38(23-31-10-6-11-32(48)22-31)54-46(64)66-27-29-8-4-3-5-9-29/h3-6,8-11,13-16,22,24-26,37-38H,2,7,12,17-21,23,27-28H2,1H3,(H,52,59)(H,53,60)(H,54,64)(H,61,62)(H3,50,51,63)/t37-,38-/m0/s1. The highest BCUT2D eigenvalue weighted by Gasteiger charge is 2.29. The summed E-state index contributed by atoms with van der Waals surface area (Å²) in [5, 5.41) is 19.8. The van der Waals surface area contributed by atoms with E-state index in [9.17, 15) is 43.1 Å². The van der Waals surface area contributed by atoms with Gasteiger partial charge in [0.2, 0.25) is 17.2 Å². The average Bonchev–Trinajstić information content (AvgIpc) is 3.31. The van der Waals surface area contributed by atoms with Gasteiger partial charge >= 0.3 is 24.2 Å². The van der Waals surface area contributed by atoms with Gasteiger partial charge in [-0.1, -0.05) is 54.6 Å². The molecule has 6 rings (SSSR count). The molecule has 5 aromatic rings. The number of hydrogen-bond acceptors (Lipinski definition) is 10. The summed E-state index contributed by atoms with van der Waals surface area (Å²) in [6.45, 7) is 2.94. The van der Waals surface area contributed by atoms with E-state index in [2.05, 4.69) is 21.3 Å². The molecule has 4 aromatic carbocycles. The number of aryl methyl sites for hydroxylation is 1. The maximum Gasteiger partial charge on any atom is 0.410 e. The molecule has 7 N–H and O–H groups in total. The number of aromatic nitrogens is 1. The van der Waals surface area contributed by atoms with Gasteiger partial charge in [0.05, 0.1) is 11.2 Å². The smallest absolute Gasteiger partial charge is 0.410 e. The number of pyridine rings is 1. The molecule has 1 fully saturated rings. The minimum absolute atomic E-state index is 0.0406. The summed E-state index contributed by atoms with van der Waals surface area (Å²) in [4.78, 5) is 92.3. The molecule has 2 atom stereocenters. The first-order valence-corrected chi connectivity index (χ1v) is 21.4. The van der Waals surface area contributed by atoms with Crippen LogP contribution in [0.15, 0.2) is 102 Å². The molecule has 0 unspecified atom stereocenters. The quantitative estimate of drug-likeness (QED) is 0.0648. The highest BCUT2D eigenvalue weighted by Crippen LogP contribution is 2.27. The number of nitrogens with zero attached hydrogens (tertiary/aromatic N) is 3. The van der Waals surface area contributed by atoms with Crippen molar-refractivity contribution in [3.8, 4) is 0 Å². The third kappa shape index (κ3) is 13.3. The Morgan fingerprint density at radius 2 is 1.48 bits per heavy atom. The fourth-order valence-electron chi connectivity index (χ4n) is 7.41. The van der Waals surface area contributed by atoms with Gasteiger partial charge in [-0.15, -0.1) is 0 Å². The Kier molecular flexibility index (Phi) is 16.4. The van der Waals surface area contributed by atoms with Crippen LogP contribution in [-0.4, -0.2) is 95.4 Å². The lowest BCUT2D eigenvalue weighted by molar-refractivity contribution is -0.128. The molecule has 6 amide bonds. The minimum Gasteiger partial charge on any atom is -0.477 e. The van der Waals surface area contributed by atoms with E-state index < -0.39 is 70.7 Å². The van der Waals surface area contributed by atoms with Crippen molar-refractivity contribution in [2.24, 2.45) is 5.73 Å². The van der Waals surface area contributed by atoms with Crippen LogP contribution in [0.3, 0.4) is 0 Å². The number of benzene rings is 4. The van der Waals surface area contributed by atoms with Crippen LogP contribution in [0, 0.1) is 11.6 Å². The molecule has 1 saturated heterocycles. The van der Waals surface area contributed by atoms with E-state index in [1.54, 1.807) is 77.1 Å². The average molecular weight is 925 g/mol. The lowest BCUT2D eigenvalue weighted by atomic mass is 10.0. The second-order valence-corrected chi connectivity index (χ2v) is 15.6. The summed E-state index contributed by atoms with van der Waals surface area (Å²) in [5.74, 6) is -4.03. The molecule has 0 radical (unpaired) electrons. The number of aromatic carboxylic acids is 1. The van der Waals surface area contributed by atoms with E-state index in [1.807, 2.05) is 0 Å². The second-order valence-electron chi connectivity index (χ2n) is 15.6. The normalized spacial score (nSPS) is 13.2. The monoisotopic (exact) mass is 924 g/mol. The van der Waals surface area contributed by atoms with Gasteiger partial charge in [-0.3, -0.25) is 14.4 Å². The number of piperazine rings is 1. The Labute approximate surface area is 383 Å². The number of carbonyl (C=O) groups is 6. The molecular weight excluding hydrogens is 875 g/mol. The number of carbonyl (C=O) groups excluding carboxylic acids is 5. The van der Waals surface area contributed by atoms with Crippen molar-refractivity contribution in [2.75, 3.05) is 42.9 Å². The van der Waals surface area contributed by atoms with E-state index in [0.717, 1.165) is 6.07 Å².